The molecule has 0 unspecified atom stereocenters. The Morgan fingerprint density at radius 3 is 2.41 bits per heavy atom. The number of benzene rings is 1. The zero-order valence-corrected chi connectivity index (χ0v) is 22.5. The van der Waals surface area contributed by atoms with Crippen molar-refractivity contribution < 1.29 is 39.2 Å². The Morgan fingerprint density at radius 1 is 1.10 bits per heavy atom. The highest BCUT2D eigenvalue weighted by Crippen LogP contribution is 2.54. The summed E-state index contributed by atoms with van der Waals surface area (Å²) >= 11 is 0. The summed E-state index contributed by atoms with van der Waals surface area (Å²) in [5, 5.41) is 45.3. The smallest absolute Gasteiger partial charge is 0.202 e. The van der Waals surface area contributed by atoms with Crippen molar-refractivity contribution in [1.82, 2.24) is 4.90 Å². The summed E-state index contributed by atoms with van der Waals surface area (Å²) in [6, 6.07) is 5.29. The van der Waals surface area contributed by atoms with Gasteiger partial charge in [0.05, 0.1) is 17.7 Å². The Morgan fingerprint density at radius 2 is 1.79 bits per heavy atom. The predicted molar refractivity (Wildman–Crippen MR) is 142 cm³/mol. The molecule has 5 rings (SSSR count). The first-order valence-electron chi connectivity index (χ1n) is 12.8. The van der Waals surface area contributed by atoms with E-state index in [1.165, 1.54) is 0 Å². The largest absolute Gasteiger partial charge is 0.508 e. The fourth-order valence-electron chi connectivity index (χ4n) is 6.28. The molecule has 1 heterocycles. The number of ketones is 3. The number of furan rings is 1. The third-order valence-corrected chi connectivity index (χ3v) is 8.03. The number of phenolic OH excluding ortho intramolecular Hbond substituents is 1. The highest BCUT2D eigenvalue weighted by Gasteiger charge is 2.60. The normalized spacial score (nSPS) is 24.6. The number of fused-ring (bicyclic) bond motifs is 3. The lowest BCUT2D eigenvalue weighted by molar-refractivity contribution is -0.147. The number of phenols is 1. The van der Waals surface area contributed by atoms with Crippen LogP contribution in [0.15, 0.2) is 39.5 Å². The Kier molecular flexibility index (Phi) is 6.23. The first kappa shape index (κ1) is 26.7. The van der Waals surface area contributed by atoms with Crippen molar-refractivity contribution in [2.45, 2.75) is 38.3 Å². The second kappa shape index (κ2) is 9.10. The summed E-state index contributed by atoms with van der Waals surface area (Å²) in [5.41, 5.74) is -1.59. The van der Waals surface area contributed by atoms with Gasteiger partial charge < -0.3 is 34.6 Å². The molecule has 1 saturated carbocycles. The SMILES string of the molecule is CC(=O)C1=C(O)[C@@]2(O)C(=O)C3=C(O)c4c(O)c(-c5ccc(CN(C)C)o5)cc(N(C)C)c4C[C@H]3C[C@H]2CC1=O. The van der Waals surface area contributed by atoms with Crippen molar-refractivity contribution in [1.29, 1.82) is 0 Å². The van der Waals surface area contributed by atoms with E-state index in [2.05, 4.69) is 0 Å². The molecule has 0 spiro atoms. The Balaban J connectivity index is 1.70. The fraction of sp³-hybridized carbons (Fsp3) is 0.414. The molecule has 3 aliphatic carbocycles. The van der Waals surface area contributed by atoms with E-state index in [0.717, 1.165) is 6.92 Å². The number of aliphatic hydroxyl groups is 3. The van der Waals surface area contributed by atoms with E-state index in [-0.39, 0.29) is 36.1 Å². The molecule has 1 aromatic carbocycles. The van der Waals surface area contributed by atoms with Gasteiger partial charge in [-0.3, -0.25) is 14.4 Å². The van der Waals surface area contributed by atoms with Crippen molar-refractivity contribution in [3.8, 4) is 17.1 Å². The van der Waals surface area contributed by atoms with Crippen LogP contribution in [0.2, 0.25) is 0 Å². The molecule has 10 heteroatoms. The van der Waals surface area contributed by atoms with E-state index >= 15 is 0 Å². The molecular weight excluding hydrogens is 504 g/mol. The molecule has 1 fully saturated rings. The molecule has 1 aromatic heterocycles. The number of hydrogen-bond acceptors (Lipinski definition) is 10. The van der Waals surface area contributed by atoms with Gasteiger partial charge in [0.2, 0.25) is 5.78 Å². The number of carbonyl (C=O) groups excluding carboxylic acids is 3. The monoisotopic (exact) mass is 536 g/mol. The van der Waals surface area contributed by atoms with Crippen LogP contribution < -0.4 is 4.90 Å². The Bertz CT molecular complexity index is 1490. The molecule has 4 N–H and O–H groups in total. The third-order valence-electron chi connectivity index (χ3n) is 8.03. The van der Waals surface area contributed by atoms with Crippen LogP contribution in [-0.2, 0) is 27.3 Å². The Labute approximate surface area is 225 Å². The van der Waals surface area contributed by atoms with Crippen LogP contribution in [0.5, 0.6) is 5.75 Å². The molecule has 0 amide bonds. The van der Waals surface area contributed by atoms with Gasteiger partial charge in [0.15, 0.2) is 17.2 Å². The predicted octanol–water partition coefficient (Wildman–Crippen LogP) is 2.92. The van der Waals surface area contributed by atoms with Crippen LogP contribution in [0.4, 0.5) is 5.69 Å². The van der Waals surface area contributed by atoms with Crippen molar-refractivity contribution in [2.75, 3.05) is 33.1 Å². The number of rotatable bonds is 5. The lowest BCUT2D eigenvalue weighted by Gasteiger charge is -2.46. The van der Waals surface area contributed by atoms with Crippen LogP contribution in [0.1, 0.15) is 36.7 Å². The molecular formula is C29H32N2O8. The van der Waals surface area contributed by atoms with Gasteiger partial charge >= 0.3 is 0 Å². The lowest BCUT2D eigenvalue weighted by atomic mass is 9.59. The van der Waals surface area contributed by atoms with E-state index in [0.29, 0.717) is 34.9 Å². The first-order valence-corrected chi connectivity index (χ1v) is 12.8. The second-order valence-electron chi connectivity index (χ2n) is 11.1. The molecule has 0 bridgehead atoms. The number of allylic oxidation sites excluding steroid dienone is 1. The minimum absolute atomic E-state index is 0.0468. The maximum atomic E-state index is 13.8. The second-order valence-corrected chi connectivity index (χ2v) is 11.1. The quantitative estimate of drug-likeness (QED) is 0.420. The van der Waals surface area contributed by atoms with Gasteiger partial charge in [0, 0.05) is 37.7 Å². The summed E-state index contributed by atoms with van der Waals surface area (Å²) in [4.78, 5) is 42.3. The van der Waals surface area contributed by atoms with Gasteiger partial charge in [-0.1, -0.05) is 0 Å². The standard InChI is InChI=1S/C29H32N2O8/c1-13(32)22-20(33)10-15-8-14-9-17-19(31(4)5)11-18(21-7-6-16(39-21)12-30(2)3)25(34)24(17)26(35)23(14)28(37)29(15,38)27(22)36/h6-7,11,14-15,34-36,38H,8-10,12H2,1-5H3/t14-,15+,29-/m1/s1. The first-order chi connectivity index (χ1) is 18.3. The molecule has 206 valence electrons. The fourth-order valence-corrected chi connectivity index (χ4v) is 6.28. The summed E-state index contributed by atoms with van der Waals surface area (Å²) in [6.45, 7) is 1.62. The lowest BCUT2D eigenvalue weighted by Crippen LogP contribution is -2.57. The van der Waals surface area contributed by atoms with Gasteiger partial charge in [-0.05, 0) is 63.5 Å². The number of carbonyl (C=O) groups is 3. The molecule has 3 aliphatic rings. The van der Waals surface area contributed by atoms with Crippen LogP contribution in [0.25, 0.3) is 17.1 Å². The van der Waals surface area contributed by atoms with Crippen molar-refractivity contribution in [3.05, 3.63) is 52.0 Å². The van der Waals surface area contributed by atoms with Crippen LogP contribution in [0, 0.1) is 11.8 Å². The topological polar surface area (TPSA) is 152 Å². The van der Waals surface area contributed by atoms with E-state index < -0.39 is 51.9 Å². The van der Waals surface area contributed by atoms with E-state index in [4.69, 9.17) is 4.42 Å². The number of anilines is 1. The third kappa shape index (κ3) is 3.89. The van der Waals surface area contributed by atoms with Crippen molar-refractivity contribution in [2.24, 2.45) is 11.8 Å². The Hall–Kier alpha value is -3.89. The highest BCUT2D eigenvalue weighted by atomic mass is 16.4. The van der Waals surface area contributed by atoms with Gasteiger partial charge in [0.25, 0.3) is 0 Å². The number of aromatic hydroxyl groups is 1. The molecule has 39 heavy (non-hydrogen) atoms. The summed E-state index contributed by atoms with van der Waals surface area (Å²) < 4.78 is 5.97. The van der Waals surface area contributed by atoms with Crippen LogP contribution >= 0.6 is 0 Å². The maximum Gasteiger partial charge on any atom is 0.202 e. The minimum atomic E-state index is -2.52. The maximum absolute atomic E-state index is 13.8. The van der Waals surface area contributed by atoms with Crippen molar-refractivity contribution >= 4 is 28.8 Å². The van der Waals surface area contributed by atoms with E-state index in [1.54, 1.807) is 18.2 Å². The molecule has 10 nitrogen and oxygen atoms in total. The number of Topliss-reactive ketones (excluding diaryl/α,β-unsaturated/α-hetero) is 3. The zero-order chi connectivity index (χ0) is 28.5. The summed E-state index contributed by atoms with van der Waals surface area (Å²) in [7, 11) is 7.45. The van der Waals surface area contributed by atoms with Crippen LogP contribution in [0.3, 0.4) is 0 Å². The van der Waals surface area contributed by atoms with Crippen LogP contribution in [-0.4, -0.2) is 76.5 Å². The zero-order valence-electron chi connectivity index (χ0n) is 22.5. The number of hydrogen-bond donors (Lipinski definition) is 4. The molecule has 3 atom stereocenters. The van der Waals surface area contributed by atoms with Gasteiger partial charge in [-0.2, -0.15) is 0 Å². The average Bonchev–Trinajstić information content (AvgIpc) is 3.28. The van der Waals surface area contributed by atoms with E-state index in [9.17, 15) is 34.8 Å². The van der Waals surface area contributed by atoms with Crippen molar-refractivity contribution in [3.63, 3.8) is 0 Å². The van der Waals surface area contributed by atoms with Gasteiger partial charge in [-0.15, -0.1) is 0 Å². The van der Waals surface area contributed by atoms with Gasteiger partial charge in [0.1, 0.15) is 34.4 Å². The summed E-state index contributed by atoms with van der Waals surface area (Å²) in [5.74, 6) is -4.60. The highest BCUT2D eigenvalue weighted by molar-refractivity contribution is 6.23. The molecule has 0 radical (unpaired) electrons. The number of aliphatic hydroxyl groups excluding tert-OH is 2. The summed E-state index contributed by atoms with van der Waals surface area (Å²) in [6.07, 6.45) is 0.0807. The molecule has 0 saturated heterocycles. The number of nitrogens with zero attached hydrogens (tertiary/aromatic N) is 2. The van der Waals surface area contributed by atoms with Gasteiger partial charge in [-0.25, -0.2) is 0 Å². The average molecular weight is 537 g/mol. The molecule has 0 aliphatic heterocycles. The van der Waals surface area contributed by atoms with E-state index in [1.807, 2.05) is 38.0 Å². The minimum Gasteiger partial charge on any atom is -0.508 e. The molecule has 2 aromatic rings.